The standard InChI is InChI=1S/C20H29N3O/c1-5-6-7-8-15(2)21-20(24)14-18-9-11-19(12-10-18)23-17(4)13-16(3)22-23/h9-13,15H,5-8,14H2,1-4H3,(H,21,24). The summed E-state index contributed by atoms with van der Waals surface area (Å²) >= 11 is 0. The van der Waals surface area contributed by atoms with Crippen LogP contribution in [0.15, 0.2) is 30.3 Å². The molecule has 4 nitrogen and oxygen atoms in total. The zero-order valence-electron chi connectivity index (χ0n) is 15.3. The summed E-state index contributed by atoms with van der Waals surface area (Å²) in [6.45, 7) is 8.31. The lowest BCUT2D eigenvalue weighted by Crippen LogP contribution is -2.33. The molecule has 0 aliphatic heterocycles. The van der Waals surface area contributed by atoms with Gasteiger partial charge in [0, 0.05) is 11.7 Å². The fraction of sp³-hybridized carbons (Fsp3) is 0.500. The highest BCUT2D eigenvalue weighted by Crippen LogP contribution is 2.13. The molecule has 1 aromatic heterocycles. The molecular weight excluding hydrogens is 298 g/mol. The number of nitrogens with zero attached hydrogens (tertiary/aromatic N) is 2. The molecule has 1 amide bonds. The first-order valence-corrected chi connectivity index (χ1v) is 8.91. The maximum Gasteiger partial charge on any atom is 0.224 e. The number of amides is 1. The van der Waals surface area contributed by atoms with Crippen molar-refractivity contribution in [2.75, 3.05) is 0 Å². The molecule has 24 heavy (non-hydrogen) atoms. The van der Waals surface area contributed by atoms with Gasteiger partial charge < -0.3 is 5.32 Å². The minimum Gasteiger partial charge on any atom is -0.353 e. The average Bonchev–Trinajstić information content (AvgIpc) is 2.87. The van der Waals surface area contributed by atoms with E-state index in [0.717, 1.165) is 29.1 Å². The third-order valence-corrected chi connectivity index (χ3v) is 4.20. The molecule has 0 spiro atoms. The van der Waals surface area contributed by atoms with E-state index in [2.05, 4.69) is 30.3 Å². The Kier molecular flexibility index (Phi) is 6.59. The van der Waals surface area contributed by atoms with Crippen LogP contribution in [0.4, 0.5) is 0 Å². The maximum absolute atomic E-state index is 12.1. The summed E-state index contributed by atoms with van der Waals surface area (Å²) in [6, 6.07) is 10.4. The van der Waals surface area contributed by atoms with Crippen LogP contribution in [0.3, 0.4) is 0 Å². The van der Waals surface area contributed by atoms with E-state index in [4.69, 9.17) is 0 Å². The third kappa shape index (κ3) is 5.22. The quantitative estimate of drug-likeness (QED) is 0.742. The van der Waals surface area contributed by atoms with Gasteiger partial charge in [0.05, 0.1) is 17.8 Å². The Hall–Kier alpha value is -2.10. The zero-order valence-corrected chi connectivity index (χ0v) is 15.3. The summed E-state index contributed by atoms with van der Waals surface area (Å²) in [5, 5.41) is 7.57. The van der Waals surface area contributed by atoms with E-state index in [9.17, 15) is 4.79 Å². The number of hydrogen-bond acceptors (Lipinski definition) is 2. The van der Waals surface area contributed by atoms with E-state index < -0.39 is 0 Å². The van der Waals surface area contributed by atoms with Crippen LogP contribution in [0.1, 0.15) is 56.5 Å². The zero-order chi connectivity index (χ0) is 17.5. The molecule has 1 unspecified atom stereocenters. The third-order valence-electron chi connectivity index (χ3n) is 4.20. The van der Waals surface area contributed by atoms with Crippen molar-refractivity contribution >= 4 is 5.91 Å². The minimum atomic E-state index is 0.0952. The number of aromatic nitrogens is 2. The van der Waals surface area contributed by atoms with Crippen molar-refractivity contribution in [1.82, 2.24) is 15.1 Å². The lowest BCUT2D eigenvalue weighted by atomic mass is 10.1. The van der Waals surface area contributed by atoms with Gasteiger partial charge in [0.2, 0.25) is 5.91 Å². The highest BCUT2D eigenvalue weighted by Gasteiger charge is 2.09. The largest absolute Gasteiger partial charge is 0.353 e. The molecule has 1 aromatic carbocycles. The summed E-state index contributed by atoms with van der Waals surface area (Å²) < 4.78 is 1.93. The van der Waals surface area contributed by atoms with E-state index >= 15 is 0 Å². The minimum absolute atomic E-state index is 0.0952. The van der Waals surface area contributed by atoms with Crippen molar-refractivity contribution in [3.63, 3.8) is 0 Å². The summed E-state index contributed by atoms with van der Waals surface area (Å²) in [6.07, 6.45) is 5.09. The van der Waals surface area contributed by atoms with Crippen molar-refractivity contribution < 1.29 is 4.79 Å². The topological polar surface area (TPSA) is 46.9 Å². The van der Waals surface area contributed by atoms with Crippen LogP contribution in [-0.2, 0) is 11.2 Å². The molecule has 0 bridgehead atoms. The predicted octanol–water partition coefficient (Wildman–Crippen LogP) is 4.12. The number of unbranched alkanes of at least 4 members (excludes halogenated alkanes) is 2. The first-order chi connectivity index (χ1) is 11.5. The molecule has 1 heterocycles. The van der Waals surface area contributed by atoms with E-state index in [1.807, 2.05) is 42.8 Å². The van der Waals surface area contributed by atoms with Gasteiger partial charge in [-0.2, -0.15) is 5.10 Å². The molecule has 4 heteroatoms. The van der Waals surface area contributed by atoms with Gasteiger partial charge in [-0.3, -0.25) is 4.79 Å². The Morgan fingerprint density at radius 2 is 1.92 bits per heavy atom. The molecule has 1 N–H and O–H groups in total. The summed E-state index contributed by atoms with van der Waals surface area (Å²) in [5.41, 5.74) is 4.17. The molecule has 0 fully saturated rings. The fourth-order valence-electron chi connectivity index (χ4n) is 2.93. The van der Waals surface area contributed by atoms with Crippen LogP contribution in [-0.4, -0.2) is 21.7 Å². The average molecular weight is 327 g/mol. The van der Waals surface area contributed by atoms with Crippen LogP contribution in [0, 0.1) is 13.8 Å². The van der Waals surface area contributed by atoms with Gasteiger partial charge in [0.15, 0.2) is 0 Å². The van der Waals surface area contributed by atoms with Gasteiger partial charge in [0.25, 0.3) is 0 Å². The second-order valence-corrected chi connectivity index (χ2v) is 6.65. The van der Waals surface area contributed by atoms with Gasteiger partial charge in [-0.15, -0.1) is 0 Å². The van der Waals surface area contributed by atoms with Gasteiger partial charge in [-0.05, 0) is 51.0 Å². The Bertz CT molecular complexity index is 658. The Balaban J connectivity index is 1.89. The lowest BCUT2D eigenvalue weighted by molar-refractivity contribution is -0.121. The van der Waals surface area contributed by atoms with Crippen molar-refractivity contribution in [3.05, 3.63) is 47.3 Å². The van der Waals surface area contributed by atoms with Crippen LogP contribution in [0.2, 0.25) is 0 Å². The van der Waals surface area contributed by atoms with Gasteiger partial charge in [-0.1, -0.05) is 38.3 Å². The van der Waals surface area contributed by atoms with E-state index in [0.29, 0.717) is 6.42 Å². The second-order valence-electron chi connectivity index (χ2n) is 6.65. The first kappa shape index (κ1) is 18.2. The van der Waals surface area contributed by atoms with Crippen molar-refractivity contribution in [2.45, 2.75) is 65.8 Å². The molecule has 130 valence electrons. The fourth-order valence-corrected chi connectivity index (χ4v) is 2.93. The number of carbonyl (C=O) groups excluding carboxylic acids is 1. The summed E-state index contributed by atoms with van der Waals surface area (Å²) in [4.78, 5) is 12.1. The predicted molar refractivity (Wildman–Crippen MR) is 98.5 cm³/mol. The monoisotopic (exact) mass is 327 g/mol. The van der Waals surface area contributed by atoms with E-state index in [1.165, 1.54) is 19.3 Å². The molecule has 0 aliphatic carbocycles. The number of hydrogen-bond donors (Lipinski definition) is 1. The number of aryl methyl sites for hydroxylation is 2. The normalized spacial score (nSPS) is 12.2. The molecule has 0 saturated carbocycles. The maximum atomic E-state index is 12.1. The van der Waals surface area contributed by atoms with Crippen molar-refractivity contribution in [2.24, 2.45) is 0 Å². The number of nitrogens with one attached hydrogen (secondary N) is 1. The highest BCUT2D eigenvalue weighted by molar-refractivity contribution is 5.78. The molecule has 1 atom stereocenters. The van der Waals surface area contributed by atoms with Gasteiger partial charge in [0.1, 0.15) is 0 Å². The Morgan fingerprint density at radius 3 is 2.50 bits per heavy atom. The lowest BCUT2D eigenvalue weighted by Gasteiger charge is -2.14. The summed E-state index contributed by atoms with van der Waals surface area (Å²) in [5.74, 6) is 0.0952. The van der Waals surface area contributed by atoms with E-state index in [1.54, 1.807) is 0 Å². The van der Waals surface area contributed by atoms with Crippen LogP contribution in [0.5, 0.6) is 0 Å². The smallest absolute Gasteiger partial charge is 0.224 e. The van der Waals surface area contributed by atoms with Crippen molar-refractivity contribution in [1.29, 1.82) is 0 Å². The Labute approximate surface area is 145 Å². The van der Waals surface area contributed by atoms with Crippen LogP contribution >= 0.6 is 0 Å². The number of carbonyl (C=O) groups is 1. The highest BCUT2D eigenvalue weighted by atomic mass is 16.1. The second kappa shape index (κ2) is 8.67. The molecule has 2 rings (SSSR count). The van der Waals surface area contributed by atoms with Gasteiger partial charge in [-0.25, -0.2) is 4.68 Å². The van der Waals surface area contributed by atoms with Gasteiger partial charge >= 0.3 is 0 Å². The molecule has 0 aliphatic rings. The van der Waals surface area contributed by atoms with Crippen LogP contribution in [0.25, 0.3) is 5.69 Å². The van der Waals surface area contributed by atoms with Crippen LogP contribution < -0.4 is 5.32 Å². The summed E-state index contributed by atoms with van der Waals surface area (Å²) in [7, 11) is 0. The molecule has 0 saturated heterocycles. The molecular formula is C20H29N3O. The van der Waals surface area contributed by atoms with E-state index in [-0.39, 0.29) is 11.9 Å². The van der Waals surface area contributed by atoms with Crippen molar-refractivity contribution in [3.8, 4) is 5.69 Å². The number of benzene rings is 1. The molecule has 0 radical (unpaired) electrons. The SMILES string of the molecule is CCCCCC(C)NC(=O)Cc1ccc(-n2nc(C)cc2C)cc1. The Morgan fingerprint density at radius 1 is 1.21 bits per heavy atom. The molecule has 2 aromatic rings. The number of rotatable bonds is 8. The first-order valence-electron chi connectivity index (χ1n) is 8.91.